The molecule has 4 rings (SSSR count). The minimum absolute atomic E-state index is 0.0302. The number of aromatic nitrogens is 2. The maximum absolute atomic E-state index is 12.7. The van der Waals surface area contributed by atoms with Gasteiger partial charge in [0.1, 0.15) is 17.5 Å². The fourth-order valence-electron chi connectivity index (χ4n) is 2.86. The predicted octanol–water partition coefficient (Wildman–Crippen LogP) is 3.46. The van der Waals surface area contributed by atoms with E-state index in [9.17, 15) is 10.1 Å². The van der Waals surface area contributed by atoms with Crippen molar-refractivity contribution >= 4 is 17.8 Å². The van der Waals surface area contributed by atoms with Crippen molar-refractivity contribution in [1.82, 2.24) is 9.78 Å². The molecule has 7 nitrogen and oxygen atoms in total. The molecule has 1 aliphatic rings. The second kappa shape index (κ2) is 7.29. The van der Waals surface area contributed by atoms with E-state index in [4.69, 9.17) is 9.47 Å². The molecule has 0 bridgehead atoms. The summed E-state index contributed by atoms with van der Waals surface area (Å²) in [5.41, 5.74) is 2.20. The molecule has 0 aliphatic carbocycles. The number of anilines is 1. The number of nitrogens with one attached hydrogen (secondary N) is 1. The third kappa shape index (κ3) is 3.44. The van der Waals surface area contributed by atoms with E-state index in [1.54, 1.807) is 28.9 Å². The van der Waals surface area contributed by atoms with E-state index in [-0.39, 0.29) is 12.4 Å². The number of nitrogens with zero attached hydrogens (tertiary/aromatic N) is 3. The molecule has 0 saturated carbocycles. The fourth-order valence-corrected chi connectivity index (χ4v) is 2.86. The van der Waals surface area contributed by atoms with Crippen LogP contribution in [0.15, 0.2) is 60.2 Å². The number of fused-ring (bicyclic) bond motifs is 1. The summed E-state index contributed by atoms with van der Waals surface area (Å²) in [6.45, 7) is 2.00. The first kappa shape index (κ1) is 17.4. The highest BCUT2D eigenvalue weighted by atomic mass is 16.7. The molecular weight excluding hydrogens is 356 g/mol. The van der Waals surface area contributed by atoms with Crippen LogP contribution in [0.3, 0.4) is 0 Å². The van der Waals surface area contributed by atoms with E-state index >= 15 is 0 Å². The number of rotatable bonds is 4. The van der Waals surface area contributed by atoms with Crippen LogP contribution in [0.2, 0.25) is 0 Å². The number of carbonyl (C=O) groups is 1. The van der Waals surface area contributed by atoms with Crippen molar-refractivity contribution in [2.75, 3.05) is 12.1 Å². The quantitative estimate of drug-likeness (QED) is 0.560. The van der Waals surface area contributed by atoms with Crippen LogP contribution >= 0.6 is 0 Å². The lowest BCUT2D eigenvalue weighted by atomic mass is 10.1. The summed E-state index contributed by atoms with van der Waals surface area (Å²) in [7, 11) is 0. The van der Waals surface area contributed by atoms with Gasteiger partial charge in [-0.3, -0.25) is 4.79 Å². The predicted molar refractivity (Wildman–Crippen MR) is 103 cm³/mol. The molecule has 28 heavy (non-hydrogen) atoms. The molecule has 0 saturated heterocycles. The molecule has 7 heteroatoms. The molecule has 138 valence electrons. The van der Waals surface area contributed by atoms with E-state index in [1.165, 1.54) is 6.08 Å². The van der Waals surface area contributed by atoms with Crippen molar-refractivity contribution in [2.24, 2.45) is 0 Å². The number of nitriles is 1. The Morgan fingerprint density at radius 2 is 1.96 bits per heavy atom. The Balaban J connectivity index is 1.60. The Morgan fingerprint density at radius 1 is 1.18 bits per heavy atom. The molecule has 0 fully saturated rings. The van der Waals surface area contributed by atoms with Gasteiger partial charge in [-0.15, -0.1) is 0 Å². The van der Waals surface area contributed by atoms with Gasteiger partial charge < -0.3 is 14.8 Å². The maximum atomic E-state index is 12.7. The van der Waals surface area contributed by atoms with Gasteiger partial charge in [0.15, 0.2) is 11.5 Å². The van der Waals surface area contributed by atoms with Crippen molar-refractivity contribution in [1.29, 1.82) is 5.26 Å². The highest BCUT2D eigenvalue weighted by molar-refractivity contribution is 6.09. The van der Waals surface area contributed by atoms with Crippen LogP contribution in [-0.4, -0.2) is 22.5 Å². The van der Waals surface area contributed by atoms with E-state index in [0.29, 0.717) is 22.9 Å². The van der Waals surface area contributed by atoms with Crippen LogP contribution in [0.1, 0.15) is 11.3 Å². The molecule has 0 atom stereocenters. The molecule has 1 N–H and O–H groups in total. The van der Waals surface area contributed by atoms with E-state index in [1.807, 2.05) is 43.3 Å². The number of benzene rings is 2. The molecule has 0 radical (unpaired) electrons. The van der Waals surface area contributed by atoms with E-state index < -0.39 is 5.91 Å². The van der Waals surface area contributed by atoms with Crippen LogP contribution in [0.5, 0.6) is 11.5 Å². The Morgan fingerprint density at radius 3 is 2.75 bits per heavy atom. The van der Waals surface area contributed by atoms with Crippen LogP contribution in [0.4, 0.5) is 5.82 Å². The first-order chi connectivity index (χ1) is 13.6. The van der Waals surface area contributed by atoms with Crippen molar-refractivity contribution in [3.05, 3.63) is 71.4 Å². The zero-order chi connectivity index (χ0) is 19.5. The standard InChI is InChI=1S/C21H16N4O3/c1-14-9-20(25(24-14)17-5-3-2-4-6-17)23-21(26)16(12-22)10-15-7-8-18-19(11-15)28-13-27-18/h2-11H,13H2,1H3,(H,23,26)/b16-10-. The zero-order valence-corrected chi connectivity index (χ0v) is 15.0. The van der Waals surface area contributed by atoms with Crippen LogP contribution in [0, 0.1) is 18.3 Å². The topological polar surface area (TPSA) is 89.2 Å². The number of hydrogen-bond acceptors (Lipinski definition) is 5. The van der Waals surface area contributed by atoms with E-state index in [0.717, 1.165) is 11.4 Å². The number of amides is 1. The average Bonchev–Trinajstić information content (AvgIpc) is 3.32. The second-order valence-corrected chi connectivity index (χ2v) is 6.15. The van der Waals surface area contributed by atoms with Gasteiger partial charge in [-0.05, 0) is 42.8 Å². The van der Waals surface area contributed by atoms with Gasteiger partial charge in [0.05, 0.1) is 11.4 Å². The summed E-state index contributed by atoms with van der Waals surface area (Å²) in [4.78, 5) is 12.7. The minimum atomic E-state index is -0.516. The van der Waals surface area contributed by atoms with Gasteiger partial charge in [-0.1, -0.05) is 24.3 Å². The molecule has 2 heterocycles. The summed E-state index contributed by atoms with van der Waals surface area (Å²) in [5, 5.41) is 16.6. The lowest BCUT2D eigenvalue weighted by Gasteiger charge is -2.08. The summed E-state index contributed by atoms with van der Waals surface area (Å²) in [5.74, 6) is 1.20. The van der Waals surface area contributed by atoms with Crippen molar-refractivity contribution in [3.8, 4) is 23.3 Å². The Bertz CT molecular complexity index is 1110. The third-order valence-electron chi connectivity index (χ3n) is 4.15. The highest BCUT2D eigenvalue weighted by Crippen LogP contribution is 2.33. The van der Waals surface area contributed by atoms with Gasteiger partial charge in [0.2, 0.25) is 6.79 Å². The van der Waals surface area contributed by atoms with Gasteiger partial charge in [0, 0.05) is 6.07 Å². The van der Waals surface area contributed by atoms with Crippen molar-refractivity contribution in [2.45, 2.75) is 6.92 Å². The molecular formula is C21H16N4O3. The Hall–Kier alpha value is -4.05. The normalized spacial score (nSPS) is 12.5. The first-order valence-corrected chi connectivity index (χ1v) is 8.59. The van der Waals surface area contributed by atoms with Crippen molar-refractivity contribution < 1.29 is 14.3 Å². The van der Waals surface area contributed by atoms with Gasteiger partial charge in [-0.2, -0.15) is 10.4 Å². The molecule has 3 aromatic rings. The van der Waals surface area contributed by atoms with Gasteiger partial charge in [-0.25, -0.2) is 4.68 Å². The molecule has 1 amide bonds. The first-order valence-electron chi connectivity index (χ1n) is 8.59. The van der Waals surface area contributed by atoms with Crippen LogP contribution in [-0.2, 0) is 4.79 Å². The van der Waals surface area contributed by atoms with Gasteiger partial charge in [0.25, 0.3) is 5.91 Å². The number of hydrogen-bond donors (Lipinski definition) is 1. The number of aryl methyl sites for hydroxylation is 1. The highest BCUT2D eigenvalue weighted by Gasteiger charge is 2.16. The molecule has 2 aromatic carbocycles. The smallest absolute Gasteiger partial charge is 0.267 e. The molecule has 1 aliphatic heterocycles. The average molecular weight is 372 g/mol. The zero-order valence-electron chi connectivity index (χ0n) is 15.0. The lowest BCUT2D eigenvalue weighted by molar-refractivity contribution is -0.112. The number of carbonyl (C=O) groups excluding carboxylic acids is 1. The number of para-hydroxylation sites is 1. The third-order valence-corrected chi connectivity index (χ3v) is 4.15. The lowest BCUT2D eigenvalue weighted by Crippen LogP contribution is -2.16. The van der Waals surface area contributed by atoms with Crippen LogP contribution in [0.25, 0.3) is 11.8 Å². The summed E-state index contributed by atoms with van der Waals surface area (Å²) >= 11 is 0. The Labute approximate surface area is 161 Å². The Kier molecular flexibility index (Phi) is 4.52. The summed E-state index contributed by atoms with van der Waals surface area (Å²) < 4.78 is 12.2. The summed E-state index contributed by atoms with van der Waals surface area (Å²) in [6, 6.07) is 18.4. The molecule has 1 aromatic heterocycles. The molecule has 0 spiro atoms. The monoisotopic (exact) mass is 372 g/mol. The van der Waals surface area contributed by atoms with E-state index in [2.05, 4.69) is 10.4 Å². The molecule has 0 unspecified atom stereocenters. The number of ether oxygens (including phenoxy) is 2. The second-order valence-electron chi connectivity index (χ2n) is 6.15. The van der Waals surface area contributed by atoms with Gasteiger partial charge >= 0.3 is 0 Å². The summed E-state index contributed by atoms with van der Waals surface area (Å²) in [6.07, 6.45) is 1.51. The van der Waals surface area contributed by atoms with Crippen molar-refractivity contribution in [3.63, 3.8) is 0 Å². The maximum Gasteiger partial charge on any atom is 0.267 e. The van der Waals surface area contributed by atoms with Crippen LogP contribution < -0.4 is 14.8 Å². The largest absolute Gasteiger partial charge is 0.454 e. The minimum Gasteiger partial charge on any atom is -0.454 e. The SMILES string of the molecule is Cc1cc(NC(=O)/C(C#N)=C\c2ccc3c(c2)OCO3)n(-c2ccccc2)n1. The fraction of sp³-hybridized carbons (Fsp3) is 0.0952.